The molecule has 0 unspecified atom stereocenters. The van der Waals surface area contributed by atoms with Crippen LogP contribution in [0.4, 0.5) is 0 Å². The summed E-state index contributed by atoms with van der Waals surface area (Å²) in [4.78, 5) is 0. The molecule has 0 aromatic rings. The van der Waals surface area contributed by atoms with E-state index in [1.807, 2.05) is 0 Å². The number of nitrogens with one attached hydrogen (secondary N) is 2. The second-order valence-corrected chi connectivity index (χ2v) is 27.9. The zero-order valence-electron chi connectivity index (χ0n) is 16.6. The van der Waals surface area contributed by atoms with Gasteiger partial charge in [0.2, 0.25) is 0 Å². The minimum atomic E-state index is -1.22. The fourth-order valence-corrected chi connectivity index (χ4v) is 6.04. The van der Waals surface area contributed by atoms with Gasteiger partial charge < -0.3 is 20.4 Å². The van der Waals surface area contributed by atoms with Crippen LogP contribution in [0.1, 0.15) is 0 Å². The Hall–Kier alpha value is 1.47. The zero-order chi connectivity index (χ0) is 16.8. The largest absolute Gasteiger partial charge is 2.00 e. The van der Waals surface area contributed by atoms with Gasteiger partial charge in [0, 0.05) is 0 Å². The minimum absolute atomic E-state index is 0. The average molecular weight is 375 g/mol. The fraction of sp³-hybridized carbons (Fsp3) is 1.00. The first kappa shape index (κ1) is 27.3. The van der Waals surface area contributed by atoms with Gasteiger partial charge in [-0.3, -0.25) is 0 Å². The first-order chi connectivity index (χ1) is 8.41. The predicted molar refractivity (Wildman–Crippen MR) is 112 cm³/mol. The van der Waals surface area contributed by atoms with Gasteiger partial charge in [0.1, 0.15) is 0 Å². The van der Waals surface area contributed by atoms with E-state index in [2.05, 4.69) is 98.9 Å². The van der Waals surface area contributed by atoms with Crippen LogP contribution in [-0.2, 0) is 0 Å². The summed E-state index contributed by atoms with van der Waals surface area (Å²) in [5.41, 5.74) is 0. The Morgan fingerprint density at radius 3 is 0.714 bits per heavy atom. The van der Waals surface area contributed by atoms with Gasteiger partial charge in [-0.2, -0.15) is 0 Å². The monoisotopic (exact) mass is 374 g/mol. The Morgan fingerprint density at radius 2 is 0.667 bits per heavy atom. The van der Waals surface area contributed by atoms with Gasteiger partial charge in [-0.25, -0.2) is 0 Å². The summed E-state index contributed by atoms with van der Waals surface area (Å²) in [7, 11) is -4.73. The van der Waals surface area contributed by atoms with Crippen LogP contribution < -0.4 is 10.2 Å². The topological polar surface area (TPSA) is 52.3 Å². The summed E-state index contributed by atoms with van der Waals surface area (Å²) in [5, 5.41) is 15.5. The molecule has 21 heavy (non-hydrogen) atoms. The second-order valence-electron chi connectivity index (χ2n) is 9.29. The Bertz CT molecular complexity index is 208. The molecule has 9 heteroatoms. The van der Waals surface area contributed by atoms with Crippen LogP contribution in [0.25, 0.3) is 10.2 Å². The molecule has 0 atom stereocenters. The molecule has 0 saturated carbocycles. The van der Waals surface area contributed by atoms with Crippen molar-refractivity contribution in [3.05, 3.63) is 10.2 Å². The van der Waals surface area contributed by atoms with E-state index in [0.29, 0.717) is 0 Å². The molecule has 0 aliphatic heterocycles. The molecule has 0 aliphatic carbocycles. The fourth-order valence-electron chi connectivity index (χ4n) is 0.671. The van der Waals surface area contributed by atoms with Gasteiger partial charge in [0.25, 0.3) is 0 Å². The maximum Gasteiger partial charge on any atom is 2.00 e. The number of hydrogen-bond donors (Lipinski definition) is 2. The van der Waals surface area contributed by atoms with Crippen LogP contribution in [0.3, 0.4) is 0 Å². The smallest absolute Gasteiger partial charge is 0.607 e. The average Bonchev–Trinajstić information content (AvgIpc) is 2.09. The van der Waals surface area contributed by atoms with E-state index in [1.54, 1.807) is 0 Å². The van der Waals surface area contributed by atoms with Crippen molar-refractivity contribution in [3.63, 3.8) is 0 Å². The Labute approximate surface area is 154 Å². The van der Waals surface area contributed by atoms with Crippen molar-refractivity contribution in [1.82, 2.24) is 10.2 Å². The summed E-state index contributed by atoms with van der Waals surface area (Å²) in [6.07, 6.45) is 0. The molecule has 0 aromatic heterocycles. The van der Waals surface area contributed by atoms with Gasteiger partial charge in [-0.15, -0.1) is 0 Å². The first-order valence-corrected chi connectivity index (χ1v) is 21.3. The maximum absolute atomic E-state index is 4.48. The molecule has 2 N–H and O–H groups in total. The summed E-state index contributed by atoms with van der Waals surface area (Å²) in [6.45, 7) is 27.0. The third-order valence-electron chi connectivity index (χ3n) is 1.45. The minimum Gasteiger partial charge on any atom is -0.607 e. The van der Waals surface area contributed by atoms with E-state index in [9.17, 15) is 0 Å². The standard InChI is InChI=1S/2C6H19N2Si2.Mg/c2*1-9(2,3)7-8-10(4,5)6;/h2*7H,1-6H3;/q2*-1;+2. The van der Waals surface area contributed by atoms with E-state index in [1.165, 1.54) is 0 Å². The predicted octanol–water partition coefficient (Wildman–Crippen LogP) is 4.69. The second kappa shape index (κ2) is 10.4. The molecule has 0 spiro atoms. The van der Waals surface area contributed by atoms with Crippen molar-refractivity contribution in [2.75, 3.05) is 0 Å². The van der Waals surface area contributed by atoms with Gasteiger partial charge in [-0.1, -0.05) is 95.0 Å². The SMILES string of the molecule is C[Si](C)(C)[N-]N[Si](C)(C)C.C[Si](C)(C)[N-]N[Si](C)(C)C.[Mg+2]. The summed E-state index contributed by atoms with van der Waals surface area (Å²) in [6, 6.07) is 0. The summed E-state index contributed by atoms with van der Waals surface area (Å²) >= 11 is 0. The van der Waals surface area contributed by atoms with E-state index in [4.69, 9.17) is 0 Å². The quantitative estimate of drug-likeness (QED) is 0.523. The molecule has 4 nitrogen and oxygen atoms in total. The van der Waals surface area contributed by atoms with Gasteiger partial charge in [-0.05, 0) is 0 Å². The Morgan fingerprint density at radius 1 is 0.476 bits per heavy atom. The van der Waals surface area contributed by atoms with Crippen molar-refractivity contribution in [2.24, 2.45) is 0 Å². The van der Waals surface area contributed by atoms with Crippen LogP contribution in [0.15, 0.2) is 0 Å². The van der Waals surface area contributed by atoms with Crippen LogP contribution in [-0.4, -0.2) is 56.0 Å². The van der Waals surface area contributed by atoms with Crippen LogP contribution >= 0.6 is 0 Å². The number of rotatable bonds is 6. The van der Waals surface area contributed by atoms with E-state index in [0.717, 1.165) is 0 Å². The van der Waals surface area contributed by atoms with Gasteiger partial charge in [0.15, 0.2) is 0 Å². The van der Waals surface area contributed by atoms with Crippen molar-refractivity contribution in [2.45, 2.75) is 78.6 Å². The van der Waals surface area contributed by atoms with E-state index in [-0.39, 0.29) is 23.1 Å². The Balaban J connectivity index is -0.000000295. The molecule has 0 aromatic carbocycles. The van der Waals surface area contributed by atoms with Gasteiger partial charge >= 0.3 is 23.1 Å². The van der Waals surface area contributed by atoms with Crippen molar-refractivity contribution >= 4 is 56.0 Å². The normalized spacial score (nSPS) is 13.1. The zero-order valence-corrected chi connectivity index (χ0v) is 22.0. The van der Waals surface area contributed by atoms with E-state index >= 15 is 0 Å². The van der Waals surface area contributed by atoms with Crippen LogP contribution in [0.2, 0.25) is 78.6 Å². The molecule has 0 rings (SSSR count). The van der Waals surface area contributed by atoms with Crippen molar-refractivity contribution < 1.29 is 0 Å². The number of hydrogen-bond acceptors (Lipinski definition) is 2. The molecule has 0 radical (unpaired) electrons. The molecule has 0 amide bonds. The molecule has 0 fully saturated rings. The first-order valence-electron chi connectivity index (χ1n) is 7.39. The molecular weight excluding hydrogens is 337 g/mol. The van der Waals surface area contributed by atoms with Crippen LogP contribution in [0, 0.1) is 0 Å². The molecule has 0 bridgehead atoms. The van der Waals surface area contributed by atoms with Crippen LogP contribution in [0.5, 0.6) is 0 Å². The molecule has 124 valence electrons. The van der Waals surface area contributed by atoms with E-state index < -0.39 is 32.9 Å². The molecule has 0 heterocycles. The maximum atomic E-state index is 4.48. The number of nitrogens with zero attached hydrogens (tertiary/aromatic N) is 2. The summed E-state index contributed by atoms with van der Waals surface area (Å²) in [5.74, 6) is 0. The van der Waals surface area contributed by atoms with Crippen molar-refractivity contribution in [1.29, 1.82) is 0 Å². The third-order valence-corrected chi connectivity index (χ3v) is 5.03. The molecule has 0 saturated heterocycles. The molecular formula is C12H38MgN4Si4. The van der Waals surface area contributed by atoms with Gasteiger partial charge in [0.05, 0.1) is 16.5 Å². The summed E-state index contributed by atoms with van der Waals surface area (Å²) < 4.78 is 0. The van der Waals surface area contributed by atoms with Crippen molar-refractivity contribution in [3.8, 4) is 0 Å². The third kappa shape index (κ3) is 34.0. The Kier molecular flexibility index (Phi) is 13.5. The molecule has 0 aliphatic rings.